The molecule has 0 saturated carbocycles. The molecule has 0 saturated heterocycles. The maximum Gasteiger partial charge on any atom is 0.266 e. The summed E-state index contributed by atoms with van der Waals surface area (Å²) < 4.78 is 25.0. The van der Waals surface area contributed by atoms with Gasteiger partial charge in [0.2, 0.25) is 0 Å². The highest BCUT2D eigenvalue weighted by molar-refractivity contribution is 14.1. The second-order valence-electron chi connectivity index (χ2n) is 2.32. The molecule has 0 fully saturated rings. The Kier molecular flexibility index (Phi) is 3.66. The number of hydrogen-bond acceptors (Lipinski definition) is 2. The summed E-state index contributed by atoms with van der Waals surface area (Å²) in [5.41, 5.74) is 6.08. The highest BCUT2D eigenvalue weighted by atomic mass is 127. The van der Waals surface area contributed by atoms with Crippen LogP contribution in [0.4, 0.5) is 14.5 Å². The summed E-state index contributed by atoms with van der Waals surface area (Å²) >= 11 is 7.27. The maximum absolute atomic E-state index is 12.3. The van der Waals surface area contributed by atoms with E-state index in [0.29, 0.717) is 9.26 Å². The molecule has 0 aliphatic rings. The number of nitrogens with zero attached hydrogens (tertiary/aromatic N) is 1. The van der Waals surface area contributed by atoms with Crippen LogP contribution in [0.3, 0.4) is 0 Å². The summed E-state index contributed by atoms with van der Waals surface area (Å²) in [5.74, 6) is 0.130. The van der Waals surface area contributed by atoms with Crippen molar-refractivity contribution < 1.29 is 8.78 Å². The van der Waals surface area contributed by atoms with Crippen LogP contribution in [0, 0.1) is 3.57 Å². The number of alkyl halides is 3. The summed E-state index contributed by atoms with van der Waals surface area (Å²) in [6.07, 6.45) is -1.44. The summed E-state index contributed by atoms with van der Waals surface area (Å²) in [4.78, 5) is 3.74. The lowest BCUT2D eigenvalue weighted by atomic mass is 10.2. The number of pyridine rings is 1. The number of hydrogen-bond donors (Lipinski definition) is 1. The van der Waals surface area contributed by atoms with Crippen LogP contribution < -0.4 is 5.73 Å². The van der Waals surface area contributed by atoms with E-state index in [0.717, 1.165) is 6.20 Å². The first-order chi connectivity index (χ1) is 6.07. The molecule has 0 radical (unpaired) electrons. The largest absolute Gasteiger partial charge is 0.396 e. The van der Waals surface area contributed by atoms with Gasteiger partial charge in [-0.15, -0.1) is 11.6 Å². The van der Waals surface area contributed by atoms with Gasteiger partial charge in [-0.1, -0.05) is 0 Å². The molecule has 72 valence electrons. The van der Waals surface area contributed by atoms with Gasteiger partial charge in [-0.05, 0) is 22.6 Å². The Labute approximate surface area is 92.6 Å². The number of halogens is 4. The van der Waals surface area contributed by atoms with Gasteiger partial charge >= 0.3 is 0 Å². The Bertz CT molecular complexity index is 320. The lowest BCUT2D eigenvalue weighted by Crippen LogP contribution is -2.03. The number of anilines is 1. The lowest BCUT2D eigenvalue weighted by Gasteiger charge is -2.08. The fraction of sp³-hybridized carbons (Fsp3) is 0.286. The van der Waals surface area contributed by atoms with Crippen molar-refractivity contribution in [1.82, 2.24) is 4.98 Å². The van der Waals surface area contributed by atoms with Crippen molar-refractivity contribution >= 4 is 39.9 Å². The van der Waals surface area contributed by atoms with Crippen molar-refractivity contribution in [2.45, 2.75) is 12.3 Å². The van der Waals surface area contributed by atoms with E-state index in [1.165, 1.54) is 0 Å². The Hall–Kier alpha value is -0.170. The third-order valence-corrected chi connectivity index (χ3v) is 2.98. The van der Waals surface area contributed by atoms with Crippen molar-refractivity contribution in [3.05, 3.63) is 21.0 Å². The minimum Gasteiger partial charge on any atom is -0.396 e. The van der Waals surface area contributed by atoms with Crippen LogP contribution in [0.15, 0.2) is 6.20 Å². The molecule has 1 aromatic rings. The van der Waals surface area contributed by atoms with Crippen LogP contribution >= 0.6 is 34.2 Å². The smallest absolute Gasteiger partial charge is 0.266 e. The normalized spacial score (nSPS) is 10.8. The highest BCUT2D eigenvalue weighted by Gasteiger charge is 2.16. The Balaban J connectivity index is 3.23. The molecule has 0 bridgehead atoms. The summed E-state index contributed by atoms with van der Waals surface area (Å²) in [6.45, 7) is 0. The number of rotatable bonds is 2. The molecule has 0 spiro atoms. The van der Waals surface area contributed by atoms with Crippen LogP contribution in [0.5, 0.6) is 0 Å². The molecule has 1 aromatic heterocycles. The predicted molar refractivity (Wildman–Crippen MR) is 55.9 cm³/mol. The van der Waals surface area contributed by atoms with E-state index in [-0.39, 0.29) is 17.1 Å². The molecule has 0 unspecified atom stereocenters. The van der Waals surface area contributed by atoms with E-state index in [9.17, 15) is 8.78 Å². The number of nitrogens with two attached hydrogens (primary N) is 1. The molecular weight excluding hydrogens is 312 g/mol. The van der Waals surface area contributed by atoms with Gasteiger partial charge in [0.1, 0.15) is 0 Å². The predicted octanol–water partition coefficient (Wildman–Crippen LogP) is 2.94. The topological polar surface area (TPSA) is 38.9 Å². The van der Waals surface area contributed by atoms with Crippen LogP contribution in [-0.2, 0) is 5.88 Å². The zero-order valence-corrected chi connectivity index (χ0v) is 9.31. The molecule has 2 N–H and O–H groups in total. The van der Waals surface area contributed by atoms with Crippen LogP contribution in [0.1, 0.15) is 17.7 Å². The Morgan fingerprint density at radius 2 is 2.23 bits per heavy atom. The number of nitrogen functional groups attached to an aromatic ring is 1. The van der Waals surface area contributed by atoms with Crippen LogP contribution in [0.25, 0.3) is 0 Å². The van der Waals surface area contributed by atoms with Crippen LogP contribution in [-0.4, -0.2) is 4.98 Å². The third-order valence-electron chi connectivity index (χ3n) is 1.52. The minimum atomic E-state index is -2.55. The quantitative estimate of drug-likeness (QED) is 0.672. The van der Waals surface area contributed by atoms with Crippen molar-refractivity contribution in [2.24, 2.45) is 0 Å². The second kappa shape index (κ2) is 4.36. The average molecular weight is 318 g/mol. The van der Waals surface area contributed by atoms with E-state index < -0.39 is 6.43 Å². The molecule has 1 rings (SSSR count). The minimum absolute atomic E-state index is 0.130. The SMILES string of the molecule is Nc1c(CCl)ncc(C(F)F)c1I. The Morgan fingerprint density at radius 1 is 1.62 bits per heavy atom. The van der Waals surface area contributed by atoms with Gasteiger partial charge in [0.25, 0.3) is 6.43 Å². The fourth-order valence-corrected chi connectivity index (χ4v) is 1.71. The molecule has 1 heterocycles. The van der Waals surface area contributed by atoms with E-state index in [1.54, 1.807) is 22.6 Å². The summed E-state index contributed by atoms with van der Waals surface area (Å²) in [7, 11) is 0. The van der Waals surface area contributed by atoms with E-state index in [4.69, 9.17) is 17.3 Å². The molecule has 0 atom stereocenters. The summed E-state index contributed by atoms with van der Waals surface area (Å²) in [5, 5.41) is 0. The zero-order valence-electron chi connectivity index (χ0n) is 6.40. The van der Waals surface area contributed by atoms with E-state index >= 15 is 0 Å². The molecule has 2 nitrogen and oxygen atoms in total. The number of aromatic nitrogens is 1. The Morgan fingerprint density at radius 3 is 2.69 bits per heavy atom. The molecule has 0 aromatic carbocycles. The first-order valence-electron chi connectivity index (χ1n) is 3.34. The van der Waals surface area contributed by atoms with Gasteiger partial charge in [-0.3, -0.25) is 4.98 Å². The summed E-state index contributed by atoms with van der Waals surface area (Å²) in [6, 6.07) is 0. The van der Waals surface area contributed by atoms with Gasteiger partial charge in [-0.25, -0.2) is 8.78 Å². The first kappa shape index (κ1) is 10.9. The monoisotopic (exact) mass is 318 g/mol. The van der Waals surface area contributed by atoms with Crippen LogP contribution in [0.2, 0.25) is 0 Å². The molecule has 0 aliphatic carbocycles. The fourth-order valence-electron chi connectivity index (χ4n) is 0.814. The maximum atomic E-state index is 12.3. The lowest BCUT2D eigenvalue weighted by molar-refractivity contribution is 0.150. The zero-order chi connectivity index (χ0) is 10.0. The first-order valence-corrected chi connectivity index (χ1v) is 4.96. The van der Waals surface area contributed by atoms with Gasteiger partial charge in [0, 0.05) is 9.77 Å². The van der Waals surface area contributed by atoms with Crippen molar-refractivity contribution in [3.8, 4) is 0 Å². The highest BCUT2D eigenvalue weighted by Crippen LogP contribution is 2.29. The van der Waals surface area contributed by atoms with Gasteiger partial charge in [0.05, 0.1) is 22.8 Å². The van der Waals surface area contributed by atoms with Crippen molar-refractivity contribution in [2.75, 3.05) is 5.73 Å². The second-order valence-corrected chi connectivity index (χ2v) is 3.67. The molecule has 6 heteroatoms. The third kappa shape index (κ3) is 2.19. The van der Waals surface area contributed by atoms with Crippen molar-refractivity contribution in [3.63, 3.8) is 0 Å². The standard InChI is InChI=1S/C7H6ClF2IN2/c8-1-4-6(12)5(11)3(2-13-4)7(9)10/h2,7H,1,12H2. The van der Waals surface area contributed by atoms with E-state index in [2.05, 4.69) is 4.98 Å². The van der Waals surface area contributed by atoms with Gasteiger partial charge in [0.15, 0.2) is 0 Å². The molecular formula is C7H6ClF2IN2. The van der Waals surface area contributed by atoms with Gasteiger partial charge < -0.3 is 5.73 Å². The molecule has 13 heavy (non-hydrogen) atoms. The van der Waals surface area contributed by atoms with Gasteiger partial charge in [-0.2, -0.15) is 0 Å². The molecule has 0 amide bonds. The average Bonchev–Trinajstić information content (AvgIpc) is 2.09. The van der Waals surface area contributed by atoms with E-state index in [1.807, 2.05) is 0 Å². The molecule has 0 aliphatic heterocycles. The van der Waals surface area contributed by atoms with Crippen molar-refractivity contribution in [1.29, 1.82) is 0 Å².